The molecule has 0 amide bonds. The average molecular weight is 279 g/mol. The summed E-state index contributed by atoms with van der Waals surface area (Å²) in [6, 6.07) is 10.7. The van der Waals surface area contributed by atoms with Gasteiger partial charge in [-0.2, -0.15) is 8.42 Å². The first kappa shape index (κ1) is 15.4. The third kappa shape index (κ3) is 3.20. The first-order chi connectivity index (χ1) is 8.39. The number of rotatable bonds is 3. The van der Waals surface area contributed by atoms with Crippen molar-refractivity contribution in [2.24, 2.45) is 0 Å². The van der Waals surface area contributed by atoms with Gasteiger partial charge in [0.25, 0.3) is 10.1 Å². The maximum absolute atomic E-state index is 11.6. The van der Waals surface area contributed by atoms with Gasteiger partial charge in [0, 0.05) is 5.39 Å². The van der Waals surface area contributed by atoms with Crippen LogP contribution in [0.3, 0.4) is 0 Å². The van der Waals surface area contributed by atoms with Crippen LogP contribution in [0.2, 0.25) is 0 Å². The summed E-state index contributed by atoms with van der Waals surface area (Å²) >= 11 is 0. The van der Waals surface area contributed by atoms with E-state index in [0.717, 1.165) is 11.0 Å². The highest BCUT2D eigenvalue weighted by atomic mass is 32.2. The molecule has 0 bridgehead atoms. The third-order valence-corrected chi connectivity index (χ3v) is 3.71. The Morgan fingerprint density at radius 2 is 1.84 bits per heavy atom. The molecule has 2 aromatic carbocycles. The van der Waals surface area contributed by atoms with Gasteiger partial charge in [-0.05, 0) is 24.3 Å². The Hall–Kier alpha value is -1.69. The summed E-state index contributed by atoms with van der Waals surface area (Å²) in [5.41, 5.74) is 1.42. The smallest absolute Gasteiger partial charge is 0.295 e. The van der Waals surface area contributed by atoms with E-state index in [1.54, 1.807) is 18.2 Å². The summed E-state index contributed by atoms with van der Waals surface area (Å²) in [5.74, 6) is 0. The van der Waals surface area contributed by atoms with Gasteiger partial charge in [-0.25, -0.2) is 0 Å². The summed E-state index contributed by atoms with van der Waals surface area (Å²) in [6.45, 7) is 5.60. The van der Waals surface area contributed by atoms with E-state index >= 15 is 0 Å². The normalized spacial score (nSPS) is 11.1. The maximum atomic E-state index is 11.6. The van der Waals surface area contributed by atoms with Crippen LogP contribution in [0.15, 0.2) is 53.4 Å². The van der Waals surface area contributed by atoms with Crippen LogP contribution < -0.4 is 6.15 Å². The minimum absolute atomic E-state index is 0. The van der Waals surface area contributed by atoms with Crippen molar-refractivity contribution in [3.05, 3.63) is 54.1 Å². The van der Waals surface area contributed by atoms with Crippen LogP contribution in [-0.4, -0.2) is 13.0 Å². The zero-order chi connectivity index (χ0) is 13.3. The van der Waals surface area contributed by atoms with Crippen molar-refractivity contribution in [2.75, 3.05) is 0 Å². The Morgan fingerprint density at radius 1 is 1.21 bits per heavy atom. The predicted octanol–water partition coefficient (Wildman–Crippen LogP) is 3.37. The van der Waals surface area contributed by atoms with Crippen LogP contribution in [0.25, 0.3) is 10.8 Å². The van der Waals surface area contributed by atoms with Crippen LogP contribution in [-0.2, 0) is 16.5 Å². The molecule has 0 aromatic heterocycles. The van der Waals surface area contributed by atoms with Crippen molar-refractivity contribution >= 4 is 20.9 Å². The topological polar surface area (TPSA) is 89.4 Å². The minimum atomic E-state index is -4.25. The molecule has 19 heavy (non-hydrogen) atoms. The summed E-state index contributed by atoms with van der Waals surface area (Å²) in [7, 11) is -4.25. The zero-order valence-corrected chi connectivity index (χ0v) is 11.6. The number of hydrogen-bond donors (Lipinski definition) is 2. The van der Waals surface area contributed by atoms with Gasteiger partial charge in [-0.1, -0.05) is 48.6 Å². The zero-order valence-electron chi connectivity index (χ0n) is 10.8. The van der Waals surface area contributed by atoms with Crippen LogP contribution in [0.4, 0.5) is 0 Å². The molecule has 0 atom stereocenters. The summed E-state index contributed by atoms with van der Waals surface area (Å²) in [6.07, 6.45) is 0.431. The van der Waals surface area contributed by atoms with Gasteiger partial charge in [-0.3, -0.25) is 4.55 Å². The van der Waals surface area contributed by atoms with Crippen LogP contribution in [0, 0.1) is 0 Å². The fraction of sp³-hybridized carbons (Fsp3) is 0.143. The number of benzene rings is 2. The SMILES string of the molecule is C=C(C)Cc1ccc2ccccc2c1S(=O)(=O)O.N. The van der Waals surface area contributed by atoms with Crippen molar-refractivity contribution in [3.8, 4) is 0 Å². The minimum Gasteiger partial charge on any atom is -0.344 e. The highest BCUT2D eigenvalue weighted by Crippen LogP contribution is 2.28. The fourth-order valence-electron chi connectivity index (χ4n) is 2.06. The molecule has 0 aliphatic rings. The van der Waals surface area contributed by atoms with E-state index in [1.165, 1.54) is 0 Å². The van der Waals surface area contributed by atoms with Crippen molar-refractivity contribution in [1.29, 1.82) is 0 Å². The molecule has 0 radical (unpaired) electrons. The molecule has 5 heteroatoms. The van der Waals surface area contributed by atoms with E-state index in [1.807, 2.05) is 25.1 Å². The molecule has 0 spiro atoms. The van der Waals surface area contributed by atoms with Crippen molar-refractivity contribution in [1.82, 2.24) is 6.15 Å². The molecular weight excluding hydrogens is 262 g/mol. The Balaban J connectivity index is 0.00000180. The van der Waals surface area contributed by atoms with E-state index < -0.39 is 10.1 Å². The molecular formula is C14H17NO3S. The van der Waals surface area contributed by atoms with Gasteiger partial charge in [0.1, 0.15) is 4.90 Å². The molecule has 0 aliphatic carbocycles. The molecule has 4 N–H and O–H groups in total. The second-order valence-electron chi connectivity index (χ2n) is 4.38. The van der Waals surface area contributed by atoms with Crippen LogP contribution in [0.5, 0.6) is 0 Å². The summed E-state index contributed by atoms with van der Waals surface area (Å²) in [4.78, 5) is -0.0106. The third-order valence-electron chi connectivity index (χ3n) is 2.71. The lowest BCUT2D eigenvalue weighted by Gasteiger charge is -2.10. The van der Waals surface area contributed by atoms with E-state index in [0.29, 0.717) is 17.4 Å². The van der Waals surface area contributed by atoms with Gasteiger partial charge in [0.2, 0.25) is 0 Å². The quantitative estimate of drug-likeness (QED) is 0.666. The molecule has 0 fully saturated rings. The second-order valence-corrected chi connectivity index (χ2v) is 5.74. The van der Waals surface area contributed by atoms with Crippen molar-refractivity contribution < 1.29 is 13.0 Å². The lowest BCUT2D eigenvalue weighted by molar-refractivity contribution is 0.483. The molecule has 2 aromatic rings. The number of allylic oxidation sites excluding steroid dienone is 1. The molecule has 4 nitrogen and oxygen atoms in total. The highest BCUT2D eigenvalue weighted by Gasteiger charge is 2.18. The van der Waals surface area contributed by atoms with E-state index in [4.69, 9.17) is 0 Å². The molecule has 0 aliphatic heterocycles. The van der Waals surface area contributed by atoms with Gasteiger partial charge in [0.15, 0.2) is 0 Å². The Morgan fingerprint density at radius 3 is 2.42 bits per heavy atom. The largest absolute Gasteiger partial charge is 0.344 e. The Kier molecular flexibility index (Phi) is 4.47. The van der Waals surface area contributed by atoms with E-state index in [2.05, 4.69) is 6.58 Å². The summed E-state index contributed by atoms with van der Waals surface area (Å²) in [5, 5.41) is 1.33. The van der Waals surface area contributed by atoms with Gasteiger partial charge in [-0.15, -0.1) is 0 Å². The van der Waals surface area contributed by atoms with Gasteiger partial charge in [0.05, 0.1) is 0 Å². The molecule has 0 saturated heterocycles. The highest BCUT2D eigenvalue weighted by molar-refractivity contribution is 7.86. The predicted molar refractivity (Wildman–Crippen MR) is 77.3 cm³/mol. The standard InChI is InChI=1S/C14H14O3S.H3N/c1-10(2)9-12-8-7-11-5-3-4-6-13(11)14(12)18(15,16)17;/h3-8H,1,9H2,2H3,(H,15,16,17);1H3. The Bertz CT molecular complexity index is 721. The second kappa shape index (κ2) is 5.52. The van der Waals surface area contributed by atoms with Crippen LogP contribution in [0.1, 0.15) is 12.5 Å². The lowest BCUT2D eigenvalue weighted by atomic mass is 10.0. The first-order valence-corrected chi connectivity index (χ1v) is 6.96. The molecule has 0 unspecified atom stereocenters. The van der Waals surface area contributed by atoms with Crippen molar-refractivity contribution in [3.63, 3.8) is 0 Å². The van der Waals surface area contributed by atoms with E-state index in [9.17, 15) is 13.0 Å². The lowest BCUT2D eigenvalue weighted by Crippen LogP contribution is -2.04. The van der Waals surface area contributed by atoms with Crippen LogP contribution >= 0.6 is 0 Å². The monoisotopic (exact) mass is 279 g/mol. The van der Waals surface area contributed by atoms with Crippen molar-refractivity contribution in [2.45, 2.75) is 18.2 Å². The number of fused-ring (bicyclic) bond motifs is 1. The van der Waals surface area contributed by atoms with Gasteiger partial charge >= 0.3 is 0 Å². The molecule has 0 saturated carbocycles. The first-order valence-electron chi connectivity index (χ1n) is 5.52. The molecule has 0 heterocycles. The van der Waals surface area contributed by atoms with E-state index in [-0.39, 0.29) is 11.0 Å². The maximum Gasteiger partial charge on any atom is 0.295 e. The molecule has 2 rings (SSSR count). The average Bonchev–Trinajstić information content (AvgIpc) is 2.26. The molecule has 102 valence electrons. The fourth-order valence-corrected chi connectivity index (χ4v) is 2.99. The van der Waals surface area contributed by atoms with Gasteiger partial charge < -0.3 is 6.15 Å². The summed E-state index contributed by atoms with van der Waals surface area (Å²) < 4.78 is 32.6. The Labute approximate surface area is 113 Å². The number of hydrogen-bond acceptors (Lipinski definition) is 3.